The molecule has 0 radical (unpaired) electrons. The van der Waals surface area contributed by atoms with Crippen LogP contribution in [-0.4, -0.2) is 28.1 Å². The van der Waals surface area contributed by atoms with Crippen molar-refractivity contribution in [3.8, 4) is 0 Å². The highest BCUT2D eigenvalue weighted by molar-refractivity contribution is 5.82. The maximum atomic E-state index is 12.6. The van der Waals surface area contributed by atoms with Gasteiger partial charge in [0.15, 0.2) is 6.10 Å². The fourth-order valence-electron chi connectivity index (χ4n) is 3.12. The van der Waals surface area contributed by atoms with E-state index in [2.05, 4.69) is 10.3 Å². The Labute approximate surface area is 143 Å². The quantitative estimate of drug-likeness (QED) is 0.758. The van der Waals surface area contributed by atoms with Gasteiger partial charge in [0.25, 0.3) is 5.91 Å². The van der Waals surface area contributed by atoms with Gasteiger partial charge >= 0.3 is 0 Å². The largest absolute Gasteiger partial charge is 0.360 e. The van der Waals surface area contributed by atoms with Crippen molar-refractivity contribution in [3.05, 3.63) is 54.6 Å². The molecule has 0 bridgehead atoms. The molecular formula is C19H25N3O2. The number of aromatic nitrogens is 2. The van der Waals surface area contributed by atoms with Crippen LogP contribution >= 0.6 is 0 Å². The molecule has 1 saturated carbocycles. The highest BCUT2D eigenvalue weighted by Gasteiger charge is 2.26. The van der Waals surface area contributed by atoms with Gasteiger partial charge in [-0.25, -0.2) is 4.98 Å². The lowest BCUT2D eigenvalue weighted by Crippen LogP contribution is -2.33. The smallest absolute Gasteiger partial charge is 0.253 e. The zero-order valence-electron chi connectivity index (χ0n) is 13.9. The van der Waals surface area contributed by atoms with Crippen LogP contribution in [0.4, 0.5) is 0 Å². The number of carbonyl (C=O) groups excluding carboxylic acids is 1. The average molecular weight is 327 g/mol. The number of amides is 1. The van der Waals surface area contributed by atoms with Gasteiger partial charge < -0.3 is 14.6 Å². The third kappa shape index (κ3) is 4.68. The Morgan fingerprint density at radius 3 is 2.79 bits per heavy atom. The molecule has 3 rings (SSSR count). The number of nitrogens with one attached hydrogen (secondary N) is 1. The molecule has 1 fully saturated rings. The fraction of sp³-hybridized carbons (Fsp3) is 0.474. The molecule has 2 aromatic rings. The first-order valence-electron chi connectivity index (χ1n) is 8.77. The van der Waals surface area contributed by atoms with Crippen molar-refractivity contribution in [1.29, 1.82) is 0 Å². The molecule has 5 nitrogen and oxygen atoms in total. The van der Waals surface area contributed by atoms with Gasteiger partial charge in [-0.1, -0.05) is 43.2 Å². The van der Waals surface area contributed by atoms with Gasteiger partial charge in [0.1, 0.15) is 0 Å². The van der Waals surface area contributed by atoms with Crippen molar-refractivity contribution in [1.82, 2.24) is 14.9 Å². The van der Waals surface area contributed by atoms with Gasteiger partial charge in [0.05, 0.1) is 12.4 Å². The molecule has 1 aromatic carbocycles. The number of nitrogens with zero attached hydrogens (tertiary/aromatic N) is 2. The maximum Gasteiger partial charge on any atom is 0.253 e. The van der Waals surface area contributed by atoms with Crippen LogP contribution in [0, 0.1) is 0 Å². The second kappa shape index (κ2) is 8.64. The second-order valence-electron chi connectivity index (χ2n) is 6.28. The molecule has 1 aromatic heterocycles. The fourth-order valence-corrected chi connectivity index (χ4v) is 3.12. The van der Waals surface area contributed by atoms with E-state index in [1.165, 1.54) is 12.8 Å². The van der Waals surface area contributed by atoms with Crippen molar-refractivity contribution in [2.24, 2.45) is 0 Å². The predicted octanol–water partition coefficient (Wildman–Crippen LogP) is 3.09. The van der Waals surface area contributed by atoms with Gasteiger partial charge in [-0.2, -0.15) is 0 Å². The summed E-state index contributed by atoms with van der Waals surface area (Å²) in [5.74, 6) is -0.0428. The number of imidazole rings is 1. The van der Waals surface area contributed by atoms with Gasteiger partial charge in [-0.15, -0.1) is 0 Å². The summed E-state index contributed by atoms with van der Waals surface area (Å²) < 4.78 is 8.14. The Bertz CT molecular complexity index is 607. The molecule has 0 spiro atoms. The molecule has 128 valence electrons. The van der Waals surface area contributed by atoms with E-state index in [9.17, 15) is 4.79 Å². The SMILES string of the molecule is O=C(NCCCn1ccnc1)[C@@H](OC1CCCC1)c1ccccc1. The minimum atomic E-state index is -0.512. The Kier molecular flexibility index (Phi) is 6.01. The molecule has 1 aliphatic carbocycles. The first-order chi connectivity index (χ1) is 11.8. The minimum absolute atomic E-state index is 0.0428. The second-order valence-corrected chi connectivity index (χ2v) is 6.28. The van der Waals surface area contributed by atoms with Gasteiger partial charge in [0, 0.05) is 25.5 Å². The zero-order chi connectivity index (χ0) is 16.6. The van der Waals surface area contributed by atoms with E-state index in [4.69, 9.17) is 4.74 Å². The Morgan fingerprint density at radius 2 is 2.08 bits per heavy atom. The van der Waals surface area contributed by atoms with E-state index in [-0.39, 0.29) is 12.0 Å². The Balaban J connectivity index is 1.54. The summed E-state index contributed by atoms with van der Waals surface area (Å²) in [5, 5.41) is 3.02. The number of rotatable bonds is 8. The molecule has 1 amide bonds. The van der Waals surface area contributed by atoms with Crippen LogP contribution in [0.2, 0.25) is 0 Å². The van der Waals surface area contributed by atoms with Crippen molar-refractivity contribution < 1.29 is 9.53 Å². The third-order valence-electron chi connectivity index (χ3n) is 4.42. The molecule has 1 heterocycles. The van der Waals surface area contributed by atoms with Gasteiger partial charge in [-0.3, -0.25) is 4.79 Å². The number of aryl methyl sites for hydroxylation is 1. The maximum absolute atomic E-state index is 12.6. The summed E-state index contributed by atoms with van der Waals surface area (Å²) in [6, 6.07) is 9.79. The van der Waals surface area contributed by atoms with Gasteiger partial charge in [0.2, 0.25) is 0 Å². The van der Waals surface area contributed by atoms with E-state index < -0.39 is 6.10 Å². The summed E-state index contributed by atoms with van der Waals surface area (Å²) in [7, 11) is 0. The highest BCUT2D eigenvalue weighted by Crippen LogP contribution is 2.28. The number of hydrogen-bond acceptors (Lipinski definition) is 3. The molecule has 1 atom stereocenters. The predicted molar refractivity (Wildman–Crippen MR) is 92.4 cm³/mol. The van der Waals surface area contributed by atoms with E-state index in [1.807, 2.05) is 41.1 Å². The summed E-state index contributed by atoms with van der Waals surface area (Å²) in [5.41, 5.74) is 0.927. The number of hydrogen-bond donors (Lipinski definition) is 1. The summed E-state index contributed by atoms with van der Waals surface area (Å²) in [6.07, 6.45) is 10.5. The van der Waals surface area contributed by atoms with Crippen molar-refractivity contribution >= 4 is 5.91 Å². The van der Waals surface area contributed by atoms with Crippen LogP contribution in [0.25, 0.3) is 0 Å². The Hall–Kier alpha value is -2.14. The van der Waals surface area contributed by atoms with Crippen molar-refractivity contribution in [2.45, 2.75) is 50.9 Å². The van der Waals surface area contributed by atoms with E-state index >= 15 is 0 Å². The molecule has 1 N–H and O–H groups in total. The monoisotopic (exact) mass is 327 g/mol. The lowest BCUT2D eigenvalue weighted by molar-refractivity contribution is -0.137. The van der Waals surface area contributed by atoms with Crippen LogP contribution in [0.5, 0.6) is 0 Å². The third-order valence-corrected chi connectivity index (χ3v) is 4.42. The number of carbonyl (C=O) groups is 1. The number of benzene rings is 1. The first-order valence-corrected chi connectivity index (χ1v) is 8.77. The summed E-state index contributed by atoms with van der Waals surface area (Å²) >= 11 is 0. The minimum Gasteiger partial charge on any atom is -0.360 e. The van der Waals surface area contributed by atoms with Gasteiger partial charge in [-0.05, 0) is 24.8 Å². The molecule has 0 aliphatic heterocycles. The van der Waals surface area contributed by atoms with Crippen LogP contribution in [0.15, 0.2) is 49.1 Å². The first kappa shape index (κ1) is 16.7. The molecule has 24 heavy (non-hydrogen) atoms. The molecule has 0 saturated heterocycles. The lowest BCUT2D eigenvalue weighted by Gasteiger charge is -2.22. The summed E-state index contributed by atoms with van der Waals surface area (Å²) in [6.45, 7) is 1.48. The lowest BCUT2D eigenvalue weighted by atomic mass is 10.1. The summed E-state index contributed by atoms with van der Waals surface area (Å²) in [4.78, 5) is 16.7. The highest BCUT2D eigenvalue weighted by atomic mass is 16.5. The Morgan fingerprint density at radius 1 is 1.29 bits per heavy atom. The van der Waals surface area contributed by atoms with Crippen molar-refractivity contribution in [3.63, 3.8) is 0 Å². The molecule has 1 aliphatic rings. The number of ether oxygens (including phenoxy) is 1. The van der Waals surface area contributed by atoms with E-state index in [0.717, 1.165) is 31.4 Å². The average Bonchev–Trinajstić information content (AvgIpc) is 3.31. The van der Waals surface area contributed by atoms with E-state index in [0.29, 0.717) is 6.54 Å². The molecule has 0 unspecified atom stereocenters. The van der Waals surface area contributed by atoms with Crippen LogP contribution < -0.4 is 5.32 Å². The molecular weight excluding hydrogens is 302 g/mol. The van der Waals surface area contributed by atoms with Crippen LogP contribution in [0.3, 0.4) is 0 Å². The van der Waals surface area contributed by atoms with Crippen LogP contribution in [0.1, 0.15) is 43.8 Å². The standard InChI is InChI=1S/C19H25N3O2/c23-19(21-11-6-13-22-14-12-20-15-22)18(16-7-2-1-3-8-16)24-17-9-4-5-10-17/h1-3,7-8,12,14-15,17-18H,4-6,9-11,13H2,(H,21,23)/t18-/m0/s1. The topological polar surface area (TPSA) is 56.2 Å². The zero-order valence-corrected chi connectivity index (χ0v) is 13.9. The van der Waals surface area contributed by atoms with E-state index in [1.54, 1.807) is 12.5 Å². The van der Waals surface area contributed by atoms with Crippen LogP contribution in [-0.2, 0) is 16.1 Å². The molecule has 5 heteroatoms. The normalized spacial score (nSPS) is 16.2. The van der Waals surface area contributed by atoms with Crippen molar-refractivity contribution in [2.75, 3.05) is 6.54 Å².